The van der Waals surface area contributed by atoms with Gasteiger partial charge in [-0.15, -0.1) is 0 Å². The van der Waals surface area contributed by atoms with E-state index in [1.807, 2.05) is 32.0 Å². The Morgan fingerprint density at radius 3 is 2.70 bits per heavy atom. The van der Waals surface area contributed by atoms with Crippen LogP contribution in [0.1, 0.15) is 43.4 Å². The van der Waals surface area contributed by atoms with Crippen LogP contribution in [0.5, 0.6) is 0 Å². The number of fused-ring (bicyclic) bond motifs is 1. The molecular formula is C19H25NO3. The summed E-state index contributed by atoms with van der Waals surface area (Å²) in [4.78, 5) is 24.1. The molecule has 23 heavy (non-hydrogen) atoms. The monoisotopic (exact) mass is 315 g/mol. The highest BCUT2D eigenvalue weighted by Gasteiger charge is 2.13. The van der Waals surface area contributed by atoms with E-state index in [9.17, 15) is 9.59 Å². The molecule has 1 N–H and O–H groups in total. The molecule has 0 unspecified atom stereocenters. The Morgan fingerprint density at radius 2 is 2.00 bits per heavy atom. The summed E-state index contributed by atoms with van der Waals surface area (Å²) in [5.74, 6) is 0.544. The molecule has 0 bridgehead atoms. The van der Waals surface area contributed by atoms with Crippen LogP contribution >= 0.6 is 0 Å². The Morgan fingerprint density at radius 1 is 1.26 bits per heavy atom. The predicted molar refractivity (Wildman–Crippen MR) is 92.7 cm³/mol. The fourth-order valence-electron chi connectivity index (χ4n) is 2.62. The lowest BCUT2D eigenvalue weighted by Crippen LogP contribution is -2.26. The SMILES string of the molecule is Cc1ccc2c(C)c(CCC(=O)NCCC(C)C)c(=O)oc2c1. The second-order valence-corrected chi connectivity index (χ2v) is 6.53. The summed E-state index contributed by atoms with van der Waals surface area (Å²) in [6.45, 7) is 8.81. The van der Waals surface area contributed by atoms with Gasteiger partial charge in [0.15, 0.2) is 0 Å². The molecule has 1 aromatic heterocycles. The van der Waals surface area contributed by atoms with Gasteiger partial charge in [0.1, 0.15) is 5.58 Å². The van der Waals surface area contributed by atoms with Crippen LogP contribution in [0.3, 0.4) is 0 Å². The molecule has 0 atom stereocenters. The normalized spacial score (nSPS) is 11.2. The third-order valence-electron chi connectivity index (χ3n) is 4.09. The molecule has 1 aromatic carbocycles. The number of hydrogen-bond acceptors (Lipinski definition) is 3. The molecule has 2 rings (SSSR count). The first-order valence-corrected chi connectivity index (χ1v) is 8.18. The molecule has 1 amide bonds. The highest BCUT2D eigenvalue weighted by molar-refractivity contribution is 5.82. The second kappa shape index (κ2) is 7.44. The topological polar surface area (TPSA) is 59.3 Å². The van der Waals surface area contributed by atoms with E-state index >= 15 is 0 Å². The third-order valence-corrected chi connectivity index (χ3v) is 4.09. The van der Waals surface area contributed by atoms with Crippen molar-refractivity contribution in [1.82, 2.24) is 5.32 Å². The van der Waals surface area contributed by atoms with E-state index in [0.717, 1.165) is 22.9 Å². The number of benzene rings is 1. The van der Waals surface area contributed by atoms with Crippen molar-refractivity contribution in [2.45, 2.75) is 47.0 Å². The maximum Gasteiger partial charge on any atom is 0.339 e. The van der Waals surface area contributed by atoms with Crippen molar-refractivity contribution >= 4 is 16.9 Å². The zero-order chi connectivity index (χ0) is 17.0. The molecule has 0 fully saturated rings. The Labute approximate surface area is 136 Å². The van der Waals surface area contributed by atoms with Gasteiger partial charge < -0.3 is 9.73 Å². The molecule has 2 aromatic rings. The van der Waals surface area contributed by atoms with E-state index in [2.05, 4.69) is 19.2 Å². The molecule has 1 heterocycles. The van der Waals surface area contributed by atoms with Crippen LogP contribution in [-0.2, 0) is 11.2 Å². The molecule has 0 aliphatic heterocycles. The maximum atomic E-state index is 12.2. The maximum absolute atomic E-state index is 12.2. The number of carbonyl (C=O) groups is 1. The first-order valence-electron chi connectivity index (χ1n) is 8.18. The van der Waals surface area contributed by atoms with Gasteiger partial charge in [-0.05, 0) is 49.8 Å². The van der Waals surface area contributed by atoms with Gasteiger partial charge in [-0.3, -0.25) is 4.79 Å². The Bertz CT molecular complexity index is 759. The van der Waals surface area contributed by atoms with E-state index in [0.29, 0.717) is 36.5 Å². The average Bonchev–Trinajstić information content (AvgIpc) is 2.46. The predicted octanol–water partition coefficient (Wildman–Crippen LogP) is 3.50. The van der Waals surface area contributed by atoms with Crippen LogP contribution < -0.4 is 10.9 Å². The van der Waals surface area contributed by atoms with Gasteiger partial charge in [-0.1, -0.05) is 26.0 Å². The highest BCUT2D eigenvalue weighted by atomic mass is 16.4. The summed E-state index contributed by atoms with van der Waals surface area (Å²) in [5.41, 5.74) is 2.83. The van der Waals surface area contributed by atoms with E-state index < -0.39 is 0 Å². The number of aryl methyl sites for hydroxylation is 2. The van der Waals surface area contributed by atoms with Crippen molar-refractivity contribution < 1.29 is 9.21 Å². The quantitative estimate of drug-likeness (QED) is 0.830. The molecule has 0 saturated heterocycles. The van der Waals surface area contributed by atoms with Crippen LogP contribution in [0.25, 0.3) is 11.0 Å². The van der Waals surface area contributed by atoms with Crippen molar-refractivity contribution in [2.75, 3.05) is 6.54 Å². The van der Waals surface area contributed by atoms with Crippen LogP contribution in [0.4, 0.5) is 0 Å². The lowest BCUT2D eigenvalue weighted by molar-refractivity contribution is -0.121. The van der Waals surface area contributed by atoms with Crippen molar-refractivity contribution in [2.24, 2.45) is 5.92 Å². The number of rotatable bonds is 6. The second-order valence-electron chi connectivity index (χ2n) is 6.53. The van der Waals surface area contributed by atoms with Crippen LogP contribution in [0, 0.1) is 19.8 Å². The summed E-state index contributed by atoms with van der Waals surface area (Å²) >= 11 is 0. The van der Waals surface area contributed by atoms with Crippen LogP contribution in [0.2, 0.25) is 0 Å². The van der Waals surface area contributed by atoms with E-state index in [1.54, 1.807) is 0 Å². The number of carbonyl (C=O) groups excluding carboxylic acids is 1. The minimum absolute atomic E-state index is 0.0200. The van der Waals surface area contributed by atoms with Crippen LogP contribution in [-0.4, -0.2) is 12.5 Å². The van der Waals surface area contributed by atoms with Gasteiger partial charge in [0.2, 0.25) is 5.91 Å². The van der Waals surface area contributed by atoms with Crippen molar-refractivity contribution in [3.05, 3.63) is 45.3 Å². The standard InChI is InChI=1S/C19H25NO3/c1-12(2)9-10-20-18(21)8-7-16-14(4)15-6-5-13(3)11-17(15)23-19(16)22/h5-6,11-12H,7-10H2,1-4H3,(H,20,21). The number of nitrogens with one attached hydrogen (secondary N) is 1. The van der Waals surface area contributed by atoms with Crippen molar-refractivity contribution in [1.29, 1.82) is 0 Å². The molecule has 0 aliphatic carbocycles. The van der Waals surface area contributed by atoms with Gasteiger partial charge in [0.05, 0.1) is 0 Å². The molecule has 0 aliphatic rings. The summed E-state index contributed by atoms with van der Waals surface area (Å²) in [5, 5.41) is 3.83. The van der Waals surface area contributed by atoms with E-state index in [-0.39, 0.29) is 11.5 Å². The molecule has 0 radical (unpaired) electrons. The molecule has 4 heteroatoms. The van der Waals surface area contributed by atoms with E-state index in [1.165, 1.54) is 0 Å². The zero-order valence-corrected chi connectivity index (χ0v) is 14.4. The molecule has 4 nitrogen and oxygen atoms in total. The molecule has 124 valence electrons. The van der Waals surface area contributed by atoms with Crippen molar-refractivity contribution in [3.8, 4) is 0 Å². The Hall–Kier alpha value is -2.10. The summed E-state index contributed by atoms with van der Waals surface area (Å²) < 4.78 is 5.41. The Balaban J connectivity index is 2.10. The van der Waals surface area contributed by atoms with Gasteiger partial charge >= 0.3 is 5.63 Å². The number of amides is 1. The van der Waals surface area contributed by atoms with Gasteiger partial charge in [0.25, 0.3) is 0 Å². The Kier molecular flexibility index (Phi) is 5.59. The van der Waals surface area contributed by atoms with Crippen molar-refractivity contribution in [3.63, 3.8) is 0 Å². The summed E-state index contributed by atoms with van der Waals surface area (Å²) in [6.07, 6.45) is 1.68. The smallest absolute Gasteiger partial charge is 0.339 e. The third kappa shape index (κ3) is 4.44. The van der Waals surface area contributed by atoms with Gasteiger partial charge in [-0.25, -0.2) is 4.79 Å². The van der Waals surface area contributed by atoms with E-state index in [4.69, 9.17) is 4.42 Å². The fourth-order valence-corrected chi connectivity index (χ4v) is 2.62. The first-order chi connectivity index (χ1) is 10.9. The summed E-state index contributed by atoms with van der Waals surface area (Å²) in [6, 6.07) is 5.83. The summed E-state index contributed by atoms with van der Waals surface area (Å²) in [7, 11) is 0. The highest BCUT2D eigenvalue weighted by Crippen LogP contribution is 2.21. The van der Waals surface area contributed by atoms with Gasteiger partial charge in [-0.2, -0.15) is 0 Å². The fraction of sp³-hybridized carbons (Fsp3) is 0.474. The zero-order valence-electron chi connectivity index (χ0n) is 14.4. The minimum Gasteiger partial charge on any atom is -0.423 e. The largest absolute Gasteiger partial charge is 0.423 e. The minimum atomic E-state index is -0.337. The first kappa shape index (κ1) is 17.3. The number of hydrogen-bond donors (Lipinski definition) is 1. The molecule has 0 saturated carbocycles. The molecular weight excluding hydrogens is 290 g/mol. The van der Waals surface area contributed by atoms with Gasteiger partial charge in [0, 0.05) is 23.9 Å². The average molecular weight is 315 g/mol. The van der Waals surface area contributed by atoms with Crippen LogP contribution in [0.15, 0.2) is 27.4 Å². The lowest BCUT2D eigenvalue weighted by Gasteiger charge is -2.09. The molecule has 0 spiro atoms. The lowest BCUT2D eigenvalue weighted by atomic mass is 10.0.